The molecule has 20 heavy (non-hydrogen) atoms. The number of hydrogen-bond acceptors (Lipinski definition) is 4. The van der Waals surface area contributed by atoms with E-state index in [9.17, 15) is 14.7 Å². The summed E-state index contributed by atoms with van der Waals surface area (Å²) >= 11 is 0. The number of carboxylic acids is 1. The van der Waals surface area contributed by atoms with E-state index in [1.165, 1.54) is 0 Å². The van der Waals surface area contributed by atoms with Gasteiger partial charge in [-0.05, 0) is 31.0 Å². The average Bonchev–Trinajstić information content (AvgIpc) is 3.06. The Kier molecular flexibility index (Phi) is 3.00. The van der Waals surface area contributed by atoms with E-state index in [0.29, 0.717) is 29.9 Å². The first kappa shape index (κ1) is 12.8. The maximum atomic E-state index is 12.2. The number of aliphatic carboxylic acids is 1. The fourth-order valence-corrected chi connectivity index (χ4v) is 2.70. The van der Waals surface area contributed by atoms with Gasteiger partial charge in [0.15, 0.2) is 11.5 Å². The van der Waals surface area contributed by atoms with Crippen LogP contribution in [-0.2, 0) is 4.79 Å². The monoisotopic (exact) mass is 277 g/mol. The molecule has 6 nitrogen and oxygen atoms in total. The minimum atomic E-state index is -1.13. The van der Waals surface area contributed by atoms with Gasteiger partial charge in [0.2, 0.25) is 6.79 Å². The van der Waals surface area contributed by atoms with Crippen LogP contribution in [0.5, 0.6) is 11.5 Å². The molecule has 1 fully saturated rings. The van der Waals surface area contributed by atoms with Crippen molar-refractivity contribution in [2.24, 2.45) is 0 Å². The molecule has 3 rings (SSSR count). The van der Waals surface area contributed by atoms with Crippen molar-refractivity contribution >= 4 is 11.9 Å². The molecule has 1 saturated carbocycles. The Hall–Kier alpha value is -2.24. The SMILES string of the molecule is O=C(NC1(C(=O)O)CCCC1)c1ccc2c(c1)OCO2. The van der Waals surface area contributed by atoms with Gasteiger partial charge < -0.3 is 19.9 Å². The first-order valence-corrected chi connectivity index (χ1v) is 6.56. The van der Waals surface area contributed by atoms with Crippen LogP contribution in [0.3, 0.4) is 0 Å². The van der Waals surface area contributed by atoms with Crippen molar-refractivity contribution in [3.8, 4) is 11.5 Å². The van der Waals surface area contributed by atoms with Gasteiger partial charge in [-0.1, -0.05) is 12.8 Å². The Morgan fingerprint density at radius 2 is 1.85 bits per heavy atom. The number of carbonyl (C=O) groups is 2. The summed E-state index contributed by atoms with van der Waals surface area (Å²) in [6, 6.07) is 4.83. The molecule has 0 bridgehead atoms. The van der Waals surface area contributed by atoms with E-state index < -0.39 is 17.4 Å². The largest absolute Gasteiger partial charge is 0.480 e. The van der Waals surface area contributed by atoms with Crippen LogP contribution >= 0.6 is 0 Å². The third kappa shape index (κ3) is 2.07. The van der Waals surface area contributed by atoms with Crippen molar-refractivity contribution in [3.63, 3.8) is 0 Å². The number of carbonyl (C=O) groups excluding carboxylic acids is 1. The van der Waals surface area contributed by atoms with Crippen molar-refractivity contribution in [2.75, 3.05) is 6.79 Å². The van der Waals surface area contributed by atoms with Gasteiger partial charge in [-0.2, -0.15) is 0 Å². The van der Waals surface area contributed by atoms with E-state index in [-0.39, 0.29) is 6.79 Å². The summed E-state index contributed by atoms with van der Waals surface area (Å²) < 4.78 is 10.4. The van der Waals surface area contributed by atoms with Gasteiger partial charge in [0.1, 0.15) is 5.54 Å². The minimum Gasteiger partial charge on any atom is -0.480 e. The summed E-state index contributed by atoms with van der Waals surface area (Å²) in [5.41, 5.74) is -0.755. The number of amides is 1. The third-order valence-electron chi connectivity index (χ3n) is 3.85. The third-order valence-corrected chi connectivity index (χ3v) is 3.85. The van der Waals surface area contributed by atoms with Crippen molar-refractivity contribution in [3.05, 3.63) is 23.8 Å². The summed E-state index contributed by atoms with van der Waals surface area (Å²) in [5, 5.41) is 12.0. The fraction of sp³-hybridized carbons (Fsp3) is 0.429. The second-order valence-electron chi connectivity index (χ2n) is 5.12. The summed E-state index contributed by atoms with van der Waals surface area (Å²) in [6.45, 7) is 0.138. The molecule has 106 valence electrons. The molecule has 1 aromatic rings. The normalized spacial score (nSPS) is 18.8. The molecule has 0 atom stereocenters. The molecule has 1 aromatic carbocycles. The number of rotatable bonds is 3. The van der Waals surface area contributed by atoms with Crippen LogP contribution in [0.4, 0.5) is 0 Å². The lowest BCUT2D eigenvalue weighted by molar-refractivity contribution is -0.144. The molecule has 0 saturated heterocycles. The number of hydrogen-bond donors (Lipinski definition) is 2. The zero-order valence-electron chi connectivity index (χ0n) is 10.8. The molecule has 1 amide bonds. The minimum absolute atomic E-state index is 0.138. The summed E-state index contributed by atoms with van der Waals surface area (Å²) in [7, 11) is 0. The molecular weight excluding hydrogens is 262 g/mol. The molecule has 0 radical (unpaired) electrons. The van der Waals surface area contributed by atoms with Gasteiger partial charge >= 0.3 is 5.97 Å². The molecule has 1 aliphatic carbocycles. The number of benzene rings is 1. The molecule has 6 heteroatoms. The Balaban J connectivity index is 1.80. The quantitative estimate of drug-likeness (QED) is 0.875. The molecule has 1 heterocycles. The number of ether oxygens (including phenoxy) is 2. The zero-order chi connectivity index (χ0) is 14.2. The standard InChI is InChI=1S/C14H15NO5/c16-12(15-14(13(17)18)5-1-2-6-14)9-3-4-10-11(7-9)20-8-19-10/h3-4,7H,1-2,5-6,8H2,(H,15,16)(H,17,18). The van der Waals surface area contributed by atoms with Crippen LogP contribution < -0.4 is 14.8 Å². The topological polar surface area (TPSA) is 84.9 Å². The molecule has 2 N–H and O–H groups in total. The summed E-state index contributed by atoms with van der Waals surface area (Å²) in [6.07, 6.45) is 2.57. The van der Waals surface area contributed by atoms with E-state index in [4.69, 9.17) is 9.47 Å². The highest BCUT2D eigenvalue weighted by molar-refractivity contribution is 5.98. The molecule has 0 unspecified atom stereocenters. The Morgan fingerprint density at radius 1 is 1.15 bits per heavy atom. The van der Waals surface area contributed by atoms with Crippen molar-refractivity contribution in [2.45, 2.75) is 31.2 Å². The lowest BCUT2D eigenvalue weighted by Crippen LogP contribution is -2.52. The van der Waals surface area contributed by atoms with Gasteiger partial charge in [-0.25, -0.2) is 4.79 Å². The van der Waals surface area contributed by atoms with E-state index in [1.807, 2.05) is 0 Å². The van der Waals surface area contributed by atoms with Crippen LogP contribution in [0.2, 0.25) is 0 Å². The molecular formula is C14H15NO5. The van der Waals surface area contributed by atoms with Crippen molar-refractivity contribution in [1.82, 2.24) is 5.32 Å². The van der Waals surface area contributed by atoms with Crippen LogP contribution in [0.1, 0.15) is 36.0 Å². The van der Waals surface area contributed by atoms with Gasteiger partial charge in [0, 0.05) is 5.56 Å². The Labute approximate surface area is 115 Å². The zero-order valence-corrected chi connectivity index (χ0v) is 10.8. The van der Waals surface area contributed by atoms with Crippen LogP contribution in [0.25, 0.3) is 0 Å². The average molecular weight is 277 g/mol. The highest BCUT2D eigenvalue weighted by Crippen LogP contribution is 2.34. The highest BCUT2D eigenvalue weighted by Gasteiger charge is 2.42. The smallest absolute Gasteiger partial charge is 0.329 e. The van der Waals surface area contributed by atoms with E-state index in [1.54, 1.807) is 18.2 Å². The fourth-order valence-electron chi connectivity index (χ4n) is 2.70. The lowest BCUT2D eigenvalue weighted by atomic mass is 9.97. The van der Waals surface area contributed by atoms with Crippen molar-refractivity contribution < 1.29 is 24.2 Å². The first-order valence-electron chi connectivity index (χ1n) is 6.56. The van der Waals surface area contributed by atoms with Gasteiger partial charge in [0.25, 0.3) is 5.91 Å². The summed E-state index contributed by atoms with van der Waals surface area (Å²) in [5.74, 6) is -0.263. The van der Waals surface area contributed by atoms with E-state index >= 15 is 0 Å². The molecule has 0 aromatic heterocycles. The molecule has 2 aliphatic rings. The maximum Gasteiger partial charge on any atom is 0.329 e. The molecule has 1 aliphatic heterocycles. The van der Waals surface area contributed by atoms with Crippen molar-refractivity contribution in [1.29, 1.82) is 0 Å². The molecule has 0 spiro atoms. The van der Waals surface area contributed by atoms with E-state index in [0.717, 1.165) is 12.8 Å². The van der Waals surface area contributed by atoms with Crippen LogP contribution in [0, 0.1) is 0 Å². The number of nitrogens with one attached hydrogen (secondary N) is 1. The number of fused-ring (bicyclic) bond motifs is 1. The second kappa shape index (κ2) is 4.70. The van der Waals surface area contributed by atoms with Gasteiger partial charge in [0.05, 0.1) is 0 Å². The van der Waals surface area contributed by atoms with Crippen LogP contribution in [-0.4, -0.2) is 29.3 Å². The Morgan fingerprint density at radius 3 is 2.55 bits per heavy atom. The maximum absolute atomic E-state index is 12.2. The second-order valence-corrected chi connectivity index (χ2v) is 5.12. The van der Waals surface area contributed by atoms with Gasteiger partial charge in [-0.3, -0.25) is 4.79 Å². The predicted octanol–water partition coefficient (Wildman–Crippen LogP) is 1.54. The number of carboxylic acid groups (broad SMARTS) is 1. The first-order chi connectivity index (χ1) is 9.61. The lowest BCUT2D eigenvalue weighted by Gasteiger charge is -2.25. The summed E-state index contributed by atoms with van der Waals surface area (Å²) in [4.78, 5) is 23.7. The Bertz CT molecular complexity index is 563. The van der Waals surface area contributed by atoms with Crippen LogP contribution in [0.15, 0.2) is 18.2 Å². The highest BCUT2D eigenvalue weighted by atomic mass is 16.7. The predicted molar refractivity (Wildman–Crippen MR) is 68.9 cm³/mol. The van der Waals surface area contributed by atoms with Gasteiger partial charge in [-0.15, -0.1) is 0 Å². The van der Waals surface area contributed by atoms with E-state index in [2.05, 4.69) is 5.32 Å².